The van der Waals surface area contributed by atoms with Crippen molar-refractivity contribution in [3.05, 3.63) is 35.1 Å². The largest absolute Gasteiger partial charge is 0.480 e. The molecule has 1 saturated carbocycles. The molecule has 1 aliphatic carbocycles. The molecule has 2 atom stereocenters. The lowest BCUT2D eigenvalue weighted by Crippen LogP contribution is -2.44. The summed E-state index contributed by atoms with van der Waals surface area (Å²) in [7, 11) is 0. The number of hydrogen-bond donors (Lipinski definition) is 2. The van der Waals surface area contributed by atoms with Gasteiger partial charge in [0.15, 0.2) is 11.6 Å². The Labute approximate surface area is 159 Å². The number of carboxylic acids is 1. The van der Waals surface area contributed by atoms with Crippen LogP contribution in [0.5, 0.6) is 0 Å². The number of nitrogens with one attached hydrogen (secondary N) is 1. The molecule has 1 aliphatic heterocycles. The van der Waals surface area contributed by atoms with Gasteiger partial charge in [-0.2, -0.15) is 0 Å². The topological polar surface area (TPSA) is 86.7 Å². The number of benzene rings is 1. The summed E-state index contributed by atoms with van der Waals surface area (Å²) in [6.07, 6.45) is 2.55. The van der Waals surface area contributed by atoms with E-state index in [1.807, 2.05) is 0 Å². The molecule has 1 heterocycles. The first-order valence-electron chi connectivity index (χ1n) is 9.19. The highest BCUT2D eigenvalue weighted by atomic mass is 19.2. The van der Waals surface area contributed by atoms with Crippen LogP contribution in [0.15, 0.2) is 12.1 Å². The van der Waals surface area contributed by atoms with Crippen molar-refractivity contribution < 1.29 is 32.7 Å². The number of nitrogens with zero attached hydrogens (tertiary/aromatic N) is 1. The number of carboxylic acid groups (broad SMARTS) is 1. The Bertz CT molecular complexity index is 798. The van der Waals surface area contributed by atoms with Gasteiger partial charge in [0.1, 0.15) is 11.9 Å². The minimum atomic E-state index is -1.35. The van der Waals surface area contributed by atoms with Crippen molar-refractivity contribution in [1.29, 1.82) is 0 Å². The van der Waals surface area contributed by atoms with E-state index in [9.17, 15) is 32.7 Å². The molecule has 0 aromatic heterocycles. The highest BCUT2D eigenvalue weighted by Gasteiger charge is 2.35. The van der Waals surface area contributed by atoms with Crippen LogP contribution in [0.4, 0.5) is 13.2 Å². The van der Waals surface area contributed by atoms with Crippen molar-refractivity contribution in [3.8, 4) is 0 Å². The maximum absolute atomic E-state index is 13.9. The van der Waals surface area contributed by atoms with Gasteiger partial charge in [-0.25, -0.2) is 18.0 Å². The van der Waals surface area contributed by atoms with Gasteiger partial charge < -0.3 is 15.3 Å². The summed E-state index contributed by atoms with van der Waals surface area (Å²) in [5, 5.41) is 11.7. The fourth-order valence-electron chi connectivity index (χ4n) is 3.51. The quantitative estimate of drug-likeness (QED) is 0.659. The third-order valence-electron chi connectivity index (χ3n) is 5.18. The molecular weight excluding hydrogens is 377 g/mol. The molecule has 2 fully saturated rings. The normalized spacial score (nSPS) is 20.3. The predicted octanol–water partition coefficient (Wildman–Crippen LogP) is 2.35. The predicted molar refractivity (Wildman–Crippen MR) is 91.4 cm³/mol. The summed E-state index contributed by atoms with van der Waals surface area (Å²) in [6.45, 7) is -0.359. The second-order valence-electron chi connectivity index (χ2n) is 7.42. The zero-order valence-corrected chi connectivity index (χ0v) is 15.1. The number of carbonyl (C=O) groups is 3. The number of amides is 2. The fraction of sp³-hybridized carbons (Fsp3) is 0.526. The Balaban J connectivity index is 1.65. The van der Waals surface area contributed by atoms with Gasteiger partial charge in [0, 0.05) is 37.1 Å². The van der Waals surface area contributed by atoms with Gasteiger partial charge in [0.2, 0.25) is 11.8 Å². The Morgan fingerprint density at radius 3 is 2.57 bits per heavy atom. The molecular formula is C19H21F3N2O4. The van der Waals surface area contributed by atoms with Crippen molar-refractivity contribution in [2.24, 2.45) is 5.92 Å². The molecule has 2 aliphatic rings. The lowest BCUT2D eigenvalue weighted by molar-refractivity contribution is -0.142. The van der Waals surface area contributed by atoms with E-state index in [0.717, 1.165) is 18.9 Å². The molecule has 0 unspecified atom stereocenters. The minimum absolute atomic E-state index is 0.127. The standard InChI is InChI=1S/C19H21F3N2O4/c20-12-6-11(18(22)14(21)7-12)9-24-13(3-4-17(24)26)8-16(25)23-15(19(27)28)5-10-1-2-10/h6-7,10,13,15H,1-5,8-9H2,(H,23,25)(H,27,28)/t13-,15-/m0/s1. The summed E-state index contributed by atoms with van der Waals surface area (Å²) in [5.41, 5.74) is -0.310. The van der Waals surface area contributed by atoms with E-state index < -0.39 is 41.4 Å². The second kappa shape index (κ2) is 8.20. The first-order chi connectivity index (χ1) is 13.2. The number of hydrogen-bond acceptors (Lipinski definition) is 3. The Kier molecular flexibility index (Phi) is 5.90. The summed E-state index contributed by atoms with van der Waals surface area (Å²) in [4.78, 5) is 36.9. The molecule has 1 aromatic carbocycles. The molecule has 2 N–H and O–H groups in total. The third-order valence-corrected chi connectivity index (χ3v) is 5.18. The van der Waals surface area contributed by atoms with Crippen molar-refractivity contribution in [1.82, 2.24) is 10.2 Å². The minimum Gasteiger partial charge on any atom is -0.480 e. The summed E-state index contributed by atoms with van der Waals surface area (Å²) < 4.78 is 40.7. The van der Waals surface area contributed by atoms with Crippen molar-refractivity contribution >= 4 is 17.8 Å². The van der Waals surface area contributed by atoms with Crippen LogP contribution in [-0.2, 0) is 20.9 Å². The van der Waals surface area contributed by atoms with E-state index >= 15 is 0 Å². The average Bonchev–Trinajstić information content (AvgIpc) is 3.37. The van der Waals surface area contributed by atoms with Gasteiger partial charge in [-0.1, -0.05) is 12.8 Å². The molecule has 0 radical (unpaired) electrons. The van der Waals surface area contributed by atoms with Crippen LogP contribution in [-0.4, -0.2) is 39.9 Å². The van der Waals surface area contributed by atoms with Gasteiger partial charge in [-0.15, -0.1) is 0 Å². The van der Waals surface area contributed by atoms with Gasteiger partial charge in [0.25, 0.3) is 0 Å². The number of aliphatic carboxylic acids is 1. The Morgan fingerprint density at radius 1 is 1.21 bits per heavy atom. The molecule has 0 spiro atoms. The van der Waals surface area contributed by atoms with Crippen LogP contribution in [0.2, 0.25) is 0 Å². The second-order valence-corrected chi connectivity index (χ2v) is 7.42. The fourth-order valence-corrected chi connectivity index (χ4v) is 3.51. The third kappa shape index (κ3) is 4.82. The van der Waals surface area contributed by atoms with E-state index in [4.69, 9.17) is 0 Å². The molecule has 1 saturated heterocycles. The number of rotatable bonds is 8. The summed E-state index contributed by atoms with van der Waals surface area (Å²) in [5.74, 6) is -5.23. The lowest BCUT2D eigenvalue weighted by Gasteiger charge is -2.25. The highest BCUT2D eigenvalue weighted by molar-refractivity contribution is 5.85. The maximum Gasteiger partial charge on any atom is 0.326 e. The zero-order chi connectivity index (χ0) is 20.4. The number of carbonyl (C=O) groups excluding carboxylic acids is 2. The molecule has 152 valence electrons. The molecule has 3 rings (SSSR count). The average molecular weight is 398 g/mol. The molecule has 6 nitrogen and oxygen atoms in total. The summed E-state index contributed by atoms with van der Waals surface area (Å²) >= 11 is 0. The van der Waals surface area contributed by atoms with Gasteiger partial charge in [-0.05, 0) is 24.8 Å². The maximum atomic E-state index is 13.9. The van der Waals surface area contributed by atoms with E-state index in [0.29, 0.717) is 24.8 Å². The van der Waals surface area contributed by atoms with Crippen LogP contribution < -0.4 is 5.32 Å². The van der Waals surface area contributed by atoms with Crippen molar-refractivity contribution in [2.75, 3.05) is 0 Å². The number of halogens is 3. The van der Waals surface area contributed by atoms with E-state index in [2.05, 4.69) is 5.32 Å². The number of likely N-dealkylation sites (tertiary alicyclic amines) is 1. The zero-order valence-electron chi connectivity index (χ0n) is 15.1. The SMILES string of the molecule is O=C(C[C@@H]1CCC(=O)N1Cc1cc(F)cc(F)c1F)N[C@@H](CC1CC1)C(=O)O. The molecule has 28 heavy (non-hydrogen) atoms. The van der Waals surface area contributed by atoms with Crippen LogP contribution in [0.25, 0.3) is 0 Å². The van der Waals surface area contributed by atoms with Crippen molar-refractivity contribution in [2.45, 2.75) is 57.2 Å². The van der Waals surface area contributed by atoms with Gasteiger partial charge in [0.05, 0.1) is 0 Å². The van der Waals surface area contributed by atoms with E-state index in [-0.39, 0.29) is 30.9 Å². The van der Waals surface area contributed by atoms with Gasteiger partial charge >= 0.3 is 5.97 Å². The van der Waals surface area contributed by atoms with Crippen molar-refractivity contribution in [3.63, 3.8) is 0 Å². The first-order valence-corrected chi connectivity index (χ1v) is 9.19. The highest BCUT2D eigenvalue weighted by Crippen LogP contribution is 2.33. The monoisotopic (exact) mass is 398 g/mol. The molecule has 9 heteroatoms. The molecule has 2 amide bonds. The van der Waals surface area contributed by atoms with Crippen LogP contribution >= 0.6 is 0 Å². The van der Waals surface area contributed by atoms with Crippen LogP contribution in [0.3, 0.4) is 0 Å². The van der Waals surface area contributed by atoms with E-state index in [1.54, 1.807) is 0 Å². The summed E-state index contributed by atoms with van der Waals surface area (Å²) in [6, 6.07) is -0.340. The smallest absolute Gasteiger partial charge is 0.326 e. The Morgan fingerprint density at radius 2 is 1.93 bits per heavy atom. The Hall–Kier alpha value is -2.58. The van der Waals surface area contributed by atoms with E-state index in [1.165, 1.54) is 4.90 Å². The van der Waals surface area contributed by atoms with Crippen LogP contribution in [0.1, 0.15) is 44.1 Å². The lowest BCUT2D eigenvalue weighted by atomic mass is 10.1. The first kappa shape index (κ1) is 20.2. The molecule has 0 bridgehead atoms. The van der Waals surface area contributed by atoms with Crippen LogP contribution in [0, 0.1) is 23.4 Å². The van der Waals surface area contributed by atoms with Gasteiger partial charge in [-0.3, -0.25) is 9.59 Å². The molecule has 1 aromatic rings.